The molecular weight excluding hydrogens is 226 g/mol. The Labute approximate surface area is 109 Å². The van der Waals surface area contributed by atoms with E-state index >= 15 is 0 Å². The molecule has 0 spiro atoms. The van der Waals surface area contributed by atoms with Crippen LogP contribution in [0, 0.1) is 0 Å². The van der Waals surface area contributed by atoms with Crippen LogP contribution in [0.1, 0.15) is 39.2 Å². The van der Waals surface area contributed by atoms with Gasteiger partial charge in [-0.25, -0.2) is 4.79 Å². The molecule has 1 aromatic rings. The predicted octanol–water partition coefficient (Wildman–Crippen LogP) is 3.11. The van der Waals surface area contributed by atoms with Crippen LogP contribution >= 0.6 is 0 Å². The van der Waals surface area contributed by atoms with Crippen molar-refractivity contribution in [2.24, 2.45) is 0 Å². The molecule has 0 fully saturated rings. The van der Waals surface area contributed by atoms with E-state index in [1.807, 2.05) is 30.3 Å². The van der Waals surface area contributed by atoms with Crippen LogP contribution in [0.2, 0.25) is 0 Å². The van der Waals surface area contributed by atoms with E-state index in [0.717, 1.165) is 31.5 Å². The molecule has 18 heavy (non-hydrogen) atoms. The summed E-state index contributed by atoms with van der Waals surface area (Å²) >= 11 is 0. The highest BCUT2D eigenvalue weighted by atomic mass is 16.4. The summed E-state index contributed by atoms with van der Waals surface area (Å²) in [6, 6.07) is 9.49. The van der Waals surface area contributed by atoms with Crippen LogP contribution in [0.3, 0.4) is 0 Å². The SMILES string of the molecule is CCCN(CCC)C(C)(C(=O)O)c1ccccc1. The summed E-state index contributed by atoms with van der Waals surface area (Å²) in [6.45, 7) is 7.55. The Kier molecular flexibility index (Phi) is 5.35. The standard InChI is InChI=1S/C15H23NO2/c1-4-11-16(12-5-2)15(3,14(17)18)13-9-7-6-8-10-13/h6-10H,4-5,11-12H2,1-3H3,(H,17,18). The second kappa shape index (κ2) is 6.55. The number of benzene rings is 1. The zero-order valence-corrected chi connectivity index (χ0v) is 11.5. The lowest BCUT2D eigenvalue weighted by Crippen LogP contribution is -2.50. The molecule has 0 amide bonds. The number of aliphatic carboxylic acids is 1. The second-order valence-electron chi connectivity index (χ2n) is 4.73. The Hall–Kier alpha value is -1.35. The van der Waals surface area contributed by atoms with Crippen molar-refractivity contribution >= 4 is 5.97 Å². The first kappa shape index (κ1) is 14.7. The summed E-state index contributed by atoms with van der Waals surface area (Å²) in [4.78, 5) is 13.8. The highest BCUT2D eigenvalue weighted by molar-refractivity contribution is 5.80. The first-order chi connectivity index (χ1) is 8.57. The van der Waals surface area contributed by atoms with Gasteiger partial charge in [-0.1, -0.05) is 44.2 Å². The molecule has 0 heterocycles. The third kappa shape index (κ3) is 2.91. The first-order valence-corrected chi connectivity index (χ1v) is 6.61. The fourth-order valence-corrected chi connectivity index (χ4v) is 2.30. The van der Waals surface area contributed by atoms with E-state index in [9.17, 15) is 9.90 Å². The molecule has 1 unspecified atom stereocenters. The van der Waals surface area contributed by atoms with Gasteiger partial charge in [-0.05, 0) is 38.4 Å². The number of hydrogen-bond acceptors (Lipinski definition) is 2. The van der Waals surface area contributed by atoms with Gasteiger partial charge in [0.1, 0.15) is 5.54 Å². The highest BCUT2D eigenvalue weighted by Gasteiger charge is 2.40. The van der Waals surface area contributed by atoms with Gasteiger partial charge in [0, 0.05) is 0 Å². The predicted molar refractivity (Wildman–Crippen MR) is 73.6 cm³/mol. The van der Waals surface area contributed by atoms with Crippen LogP contribution in [-0.4, -0.2) is 29.1 Å². The molecular formula is C15H23NO2. The molecule has 1 atom stereocenters. The number of carbonyl (C=O) groups is 1. The van der Waals surface area contributed by atoms with E-state index in [-0.39, 0.29) is 0 Å². The maximum atomic E-state index is 11.8. The number of rotatable bonds is 7. The van der Waals surface area contributed by atoms with E-state index in [0.29, 0.717) is 0 Å². The summed E-state index contributed by atoms with van der Waals surface area (Å²) in [7, 11) is 0. The van der Waals surface area contributed by atoms with Crippen molar-refractivity contribution in [3.8, 4) is 0 Å². The van der Waals surface area contributed by atoms with Gasteiger partial charge in [-0.15, -0.1) is 0 Å². The van der Waals surface area contributed by atoms with Crippen LogP contribution < -0.4 is 0 Å². The summed E-state index contributed by atoms with van der Waals surface area (Å²) in [5.74, 6) is -0.782. The lowest BCUT2D eigenvalue weighted by atomic mass is 9.89. The maximum Gasteiger partial charge on any atom is 0.328 e. The minimum Gasteiger partial charge on any atom is -0.480 e. The van der Waals surface area contributed by atoms with Gasteiger partial charge in [0.05, 0.1) is 0 Å². The number of carboxylic acids is 1. The lowest BCUT2D eigenvalue weighted by Gasteiger charge is -2.38. The van der Waals surface area contributed by atoms with Crippen LogP contribution in [0.5, 0.6) is 0 Å². The van der Waals surface area contributed by atoms with E-state index in [4.69, 9.17) is 0 Å². The zero-order chi connectivity index (χ0) is 13.6. The number of carboxylic acid groups (broad SMARTS) is 1. The second-order valence-corrected chi connectivity index (χ2v) is 4.73. The van der Waals surface area contributed by atoms with E-state index in [2.05, 4.69) is 18.7 Å². The average molecular weight is 249 g/mol. The van der Waals surface area contributed by atoms with Crippen molar-refractivity contribution < 1.29 is 9.90 Å². The fraction of sp³-hybridized carbons (Fsp3) is 0.533. The summed E-state index contributed by atoms with van der Waals surface area (Å²) in [5, 5.41) is 9.67. The van der Waals surface area contributed by atoms with Crippen molar-refractivity contribution in [3.63, 3.8) is 0 Å². The summed E-state index contributed by atoms with van der Waals surface area (Å²) in [5.41, 5.74) is -0.0906. The summed E-state index contributed by atoms with van der Waals surface area (Å²) in [6.07, 6.45) is 1.91. The Morgan fingerprint density at radius 2 is 1.67 bits per heavy atom. The largest absolute Gasteiger partial charge is 0.480 e. The van der Waals surface area contributed by atoms with Crippen molar-refractivity contribution in [2.45, 2.75) is 39.2 Å². The normalized spacial score (nSPS) is 14.4. The third-order valence-electron chi connectivity index (χ3n) is 3.37. The van der Waals surface area contributed by atoms with Gasteiger partial charge in [0.15, 0.2) is 0 Å². The van der Waals surface area contributed by atoms with E-state index in [1.54, 1.807) is 6.92 Å². The van der Waals surface area contributed by atoms with Crippen molar-refractivity contribution in [1.82, 2.24) is 4.90 Å². The minimum atomic E-state index is -0.937. The molecule has 0 aliphatic heterocycles. The smallest absolute Gasteiger partial charge is 0.328 e. The molecule has 1 rings (SSSR count). The zero-order valence-electron chi connectivity index (χ0n) is 11.5. The Morgan fingerprint density at radius 1 is 1.17 bits per heavy atom. The molecule has 0 aliphatic rings. The van der Waals surface area contributed by atoms with Crippen molar-refractivity contribution in [3.05, 3.63) is 35.9 Å². The Bertz CT molecular complexity index is 371. The van der Waals surface area contributed by atoms with Crippen LogP contribution in [-0.2, 0) is 10.3 Å². The van der Waals surface area contributed by atoms with Gasteiger partial charge in [-0.2, -0.15) is 0 Å². The van der Waals surface area contributed by atoms with Gasteiger partial charge in [0.25, 0.3) is 0 Å². The van der Waals surface area contributed by atoms with Gasteiger partial charge in [-0.3, -0.25) is 4.90 Å². The maximum absolute atomic E-state index is 11.8. The summed E-state index contributed by atoms with van der Waals surface area (Å²) < 4.78 is 0. The van der Waals surface area contributed by atoms with Gasteiger partial charge < -0.3 is 5.11 Å². The molecule has 0 aliphatic carbocycles. The average Bonchev–Trinajstić information content (AvgIpc) is 2.38. The first-order valence-electron chi connectivity index (χ1n) is 6.61. The molecule has 0 saturated carbocycles. The molecule has 0 aromatic heterocycles. The molecule has 1 aromatic carbocycles. The molecule has 3 heteroatoms. The molecule has 1 N–H and O–H groups in total. The Balaban J connectivity index is 3.16. The van der Waals surface area contributed by atoms with Crippen molar-refractivity contribution in [1.29, 1.82) is 0 Å². The van der Waals surface area contributed by atoms with Crippen LogP contribution in [0.25, 0.3) is 0 Å². The molecule has 100 valence electrons. The van der Waals surface area contributed by atoms with E-state index in [1.165, 1.54) is 0 Å². The lowest BCUT2D eigenvalue weighted by molar-refractivity contribution is -0.151. The number of hydrogen-bond donors (Lipinski definition) is 1. The Morgan fingerprint density at radius 3 is 2.06 bits per heavy atom. The van der Waals surface area contributed by atoms with Gasteiger partial charge in [0.2, 0.25) is 0 Å². The molecule has 0 saturated heterocycles. The monoisotopic (exact) mass is 249 g/mol. The minimum absolute atomic E-state index is 0.782. The molecule has 0 bridgehead atoms. The van der Waals surface area contributed by atoms with Gasteiger partial charge >= 0.3 is 5.97 Å². The van der Waals surface area contributed by atoms with Crippen LogP contribution in [0.4, 0.5) is 0 Å². The molecule has 0 radical (unpaired) electrons. The highest BCUT2D eigenvalue weighted by Crippen LogP contribution is 2.29. The molecule has 3 nitrogen and oxygen atoms in total. The van der Waals surface area contributed by atoms with Crippen molar-refractivity contribution in [2.75, 3.05) is 13.1 Å². The van der Waals surface area contributed by atoms with E-state index < -0.39 is 11.5 Å². The topological polar surface area (TPSA) is 40.5 Å². The van der Waals surface area contributed by atoms with Crippen LogP contribution in [0.15, 0.2) is 30.3 Å². The quantitative estimate of drug-likeness (QED) is 0.807. The third-order valence-corrected chi connectivity index (χ3v) is 3.37. The number of nitrogens with zero attached hydrogens (tertiary/aromatic N) is 1. The fourth-order valence-electron chi connectivity index (χ4n) is 2.30.